The summed E-state index contributed by atoms with van der Waals surface area (Å²) in [7, 11) is 2.00. The normalized spacial score (nSPS) is 12.1. The van der Waals surface area contributed by atoms with Gasteiger partial charge in [-0.05, 0) is 63.2 Å². The zero-order valence-corrected chi connectivity index (χ0v) is 20.1. The molecule has 3 rings (SSSR count). The molecule has 176 valence electrons. The predicted octanol–water partition coefficient (Wildman–Crippen LogP) is 4.46. The van der Waals surface area contributed by atoms with Crippen LogP contribution in [0.5, 0.6) is 11.5 Å². The van der Waals surface area contributed by atoms with Crippen molar-refractivity contribution in [2.45, 2.75) is 40.0 Å². The van der Waals surface area contributed by atoms with Crippen LogP contribution in [0.2, 0.25) is 0 Å². The van der Waals surface area contributed by atoms with E-state index in [1.165, 1.54) is 11.1 Å². The van der Waals surface area contributed by atoms with Crippen LogP contribution in [0.25, 0.3) is 6.08 Å². The van der Waals surface area contributed by atoms with Crippen LogP contribution < -0.4 is 9.47 Å². The van der Waals surface area contributed by atoms with Gasteiger partial charge < -0.3 is 14.6 Å². The van der Waals surface area contributed by atoms with Crippen LogP contribution in [0.3, 0.4) is 0 Å². The van der Waals surface area contributed by atoms with Crippen LogP contribution in [0.4, 0.5) is 0 Å². The molecule has 6 nitrogen and oxygen atoms in total. The largest absolute Gasteiger partial charge is 0.494 e. The number of aryl methyl sites for hydroxylation is 1. The third kappa shape index (κ3) is 6.70. The number of aromatic nitrogens is 2. The van der Waals surface area contributed by atoms with Gasteiger partial charge in [0.25, 0.3) is 0 Å². The first-order chi connectivity index (χ1) is 15.9. The first-order valence-electron chi connectivity index (χ1n) is 11.4. The first kappa shape index (κ1) is 24.6. The summed E-state index contributed by atoms with van der Waals surface area (Å²) >= 11 is 0. The van der Waals surface area contributed by atoms with Crippen molar-refractivity contribution in [2.24, 2.45) is 0 Å². The number of aliphatic hydroxyl groups excluding tert-OH is 1. The molecule has 0 spiro atoms. The summed E-state index contributed by atoms with van der Waals surface area (Å²) in [6.45, 7) is 12.8. The average Bonchev–Trinajstić information content (AvgIpc) is 3.06. The van der Waals surface area contributed by atoms with E-state index in [4.69, 9.17) is 14.6 Å². The second kappa shape index (κ2) is 11.7. The molecule has 0 aliphatic rings. The van der Waals surface area contributed by atoms with Crippen LogP contribution in [-0.4, -0.2) is 52.7 Å². The lowest BCUT2D eigenvalue weighted by atomic mass is 10.1. The topological polar surface area (TPSA) is 59.8 Å². The highest BCUT2D eigenvalue weighted by Crippen LogP contribution is 2.20. The highest BCUT2D eigenvalue weighted by Gasteiger charge is 2.16. The monoisotopic (exact) mass is 449 g/mol. The molecule has 3 aromatic rings. The molecule has 0 bridgehead atoms. The molecule has 2 aromatic carbocycles. The van der Waals surface area contributed by atoms with Gasteiger partial charge in [0.1, 0.15) is 24.2 Å². The van der Waals surface area contributed by atoms with Crippen molar-refractivity contribution in [3.8, 4) is 11.5 Å². The quantitative estimate of drug-likeness (QED) is 0.442. The van der Waals surface area contributed by atoms with E-state index in [2.05, 4.69) is 30.5 Å². The van der Waals surface area contributed by atoms with Gasteiger partial charge in [0, 0.05) is 24.3 Å². The molecule has 1 N–H and O–H groups in total. The van der Waals surface area contributed by atoms with E-state index >= 15 is 0 Å². The Morgan fingerprint density at radius 3 is 2.42 bits per heavy atom. The molecule has 0 saturated carbocycles. The second-order valence-corrected chi connectivity index (χ2v) is 8.28. The molecule has 1 heterocycles. The van der Waals surface area contributed by atoms with Gasteiger partial charge in [-0.1, -0.05) is 36.9 Å². The number of hydrogen-bond acceptors (Lipinski definition) is 5. The average molecular weight is 450 g/mol. The molecule has 0 aliphatic heterocycles. The zero-order valence-electron chi connectivity index (χ0n) is 20.1. The van der Waals surface area contributed by atoms with E-state index in [1.54, 1.807) is 0 Å². The maximum absolute atomic E-state index is 10.5. The van der Waals surface area contributed by atoms with Crippen molar-refractivity contribution < 1.29 is 14.6 Å². The Bertz CT molecular complexity index is 1040. The molecule has 33 heavy (non-hydrogen) atoms. The van der Waals surface area contributed by atoms with Crippen molar-refractivity contribution in [3.05, 3.63) is 83.2 Å². The summed E-state index contributed by atoms with van der Waals surface area (Å²) in [5, 5.41) is 15.2. The van der Waals surface area contributed by atoms with E-state index in [-0.39, 0.29) is 6.61 Å². The van der Waals surface area contributed by atoms with E-state index in [1.807, 2.05) is 68.1 Å². The van der Waals surface area contributed by atoms with Gasteiger partial charge in [-0.15, -0.1) is 0 Å². The third-order valence-electron chi connectivity index (χ3n) is 5.65. The second-order valence-electron chi connectivity index (χ2n) is 8.28. The third-order valence-corrected chi connectivity index (χ3v) is 5.65. The fraction of sp³-hybridized carbons (Fsp3) is 0.370. The van der Waals surface area contributed by atoms with Crippen molar-refractivity contribution in [1.29, 1.82) is 0 Å². The highest BCUT2D eigenvalue weighted by molar-refractivity contribution is 5.51. The van der Waals surface area contributed by atoms with Crippen LogP contribution in [0.1, 0.15) is 35.0 Å². The van der Waals surface area contributed by atoms with Crippen molar-refractivity contribution in [1.82, 2.24) is 14.7 Å². The van der Waals surface area contributed by atoms with Crippen LogP contribution in [0.15, 0.2) is 55.1 Å². The van der Waals surface area contributed by atoms with Gasteiger partial charge in [0.2, 0.25) is 0 Å². The first-order valence-corrected chi connectivity index (χ1v) is 11.4. The predicted molar refractivity (Wildman–Crippen MR) is 133 cm³/mol. The molecule has 0 aliphatic carbocycles. The number of aliphatic hydroxyl groups is 1. The van der Waals surface area contributed by atoms with Crippen molar-refractivity contribution >= 4 is 6.08 Å². The molecular weight excluding hydrogens is 414 g/mol. The van der Waals surface area contributed by atoms with Gasteiger partial charge in [-0.2, -0.15) is 5.10 Å². The lowest BCUT2D eigenvalue weighted by Gasteiger charge is -2.21. The molecule has 6 heteroatoms. The van der Waals surface area contributed by atoms with Gasteiger partial charge >= 0.3 is 0 Å². The maximum atomic E-state index is 10.5. The Labute approximate surface area is 197 Å². The summed E-state index contributed by atoms with van der Waals surface area (Å²) in [6, 6.07) is 15.7. The molecule has 0 amide bonds. The van der Waals surface area contributed by atoms with Crippen LogP contribution >= 0.6 is 0 Å². The summed E-state index contributed by atoms with van der Waals surface area (Å²) in [4.78, 5) is 2.10. The lowest BCUT2D eigenvalue weighted by Crippen LogP contribution is -2.33. The fourth-order valence-electron chi connectivity index (χ4n) is 3.89. The van der Waals surface area contributed by atoms with Gasteiger partial charge in [-0.25, -0.2) is 0 Å². The Morgan fingerprint density at radius 1 is 1.09 bits per heavy atom. The number of rotatable bonds is 12. The van der Waals surface area contributed by atoms with E-state index < -0.39 is 6.10 Å². The smallest absolute Gasteiger partial charge is 0.119 e. The van der Waals surface area contributed by atoms with Crippen molar-refractivity contribution in [3.63, 3.8) is 0 Å². The maximum Gasteiger partial charge on any atom is 0.119 e. The van der Waals surface area contributed by atoms with E-state index in [0.717, 1.165) is 22.7 Å². The van der Waals surface area contributed by atoms with Crippen molar-refractivity contribution in [2.75, 3.05) is 26.8 Å². The lowest BCUT2D eigenvalue weighted by molar-refractivity contribution is 0.0742. The molecule has 0 fully saturated rings. The molecule has 0 radical (unpaired) electrons. The molecular formula is C27H35N3O3. The summed E-state index contributed by atoms with van der Waals surface area (Å²) in [6.07, 6.45) is 1.28. The molecule has 0 unspecified atom stereocenters. The Morgan fingerprint density at radius 2 is 1.76 bits per heavy atom. The standard InChI is InChI=1S/C27H35N3O3/c1-6-22-10-8-9-11-23(22)16-30-21(4)27(20(3)28-30)18-29(5)17-24(31)19-33-26-14-12-25(13-15-26)32-7-2/h6,8-15,24,31H,1,7,16-19H2,2-5H3/t24-/m0/s1. The minimum atomic E-state index is -0.600. The van der Waals surface area contributed by atoms with Crippen LogP contribution in [0, 0.1) is 13.8 Å². The summed E-state index contributed by atoms with van der Waals surface area (Å²) in [5.41, 5.74) is 5.65. The number of benzene rings is 2. The molecule has 0 saturated heterocycles. The summed E-state index contributed by atoms with van der Waals surface area (Å²) in [5.74, 6) is 1.53. The van der Waals surface area contributed by atoms with Gasteiger partial charge in [0.05, 0.1) is 18.8 Å². The van der Waals surface area contributed by atoms with Crippen LogP contribution in [-0.2, 0) is 13.1 Å². The van der Waals surface area contributed by atoms with E-state index in [9.17, 15) is 5.11 Å². The zero-order chi connectivity index (χ0) is 23.8. The fourth-order valence-corrected chi connectivity index (χ4v) is 3.89. The number of ether oxygens (including phenoxy) is 2. The Kier molecular flexibility index (Phi) is 8.69. The SMILES string of the molecule is C=Cc1ccccc1Cn1nc(C)c(CN(C)C[C@H](O)COc2ccc(OCC)cc2)c1C. The minimum absolute atomic E-state index is 0.230. The highest BCUT2D eigenvalue weighted by atomic mass is 16.5. The Balaban J connectivity index is 1.55. The Hall–Kier alpha value is -3.09. The molecule has 1 atom stereocenters. The van der Waals surface area contributed by atoms with Gasteiger partial charge in [-0.3, -0.25) is 9.58 Å². The summed E-state index contributed by atoms with van der Waals surface area (Å²) < 4.78 is 13.2. The van der Waals surface area contributed by atoms with Gasteiger partial charge in [0.15, 0.2) is 0 Å². The number of hydrogen-bond donors (Lipinski definition) is 1. The number of likely N-dealkylation sites (N-methyl/N-ethyl adjacent to an activating group) is 1. The van der Waals surface area contributed by atoms with E-state index in [0.29, 0.717) is 32.0 Å². The number of nitrogens with zero attached hydrogens (tertiary/aromatic N) is 3. The molecule has 1 aromatic heterocycles. The minimum Gasteiger partial charge on any atom is -0.494 e.